The lowest BCUT2D eigenvalue weighted by Crippen LogP contribution is -2.30. The van der Waals surface area contributed by atoms with Crippen LogP contribution >= 0.6 is 11.3 Å². The van der Waals surface area contributed by atoms with Crippen molar-refractivity contribution in [3.8, 4) is 0 Å². The molecule has 0 spiro atoms. The number of nitrogens with zero attached hydrogens (tertiary/aromatic N) is 1. The Kier molecular flexibility index (Phi) is 3.39. The number of amides is 1. The molecule has 0 unspecified atom stereocenters. The monoisotopic (exact) mass is 248 g/mol. The fourth-order valence-corrected chi connectivity index (χ4v) is 2.44. The van der Waals surface area contributed by atoms with Crippen LogP contribution in [0.3, 0.4) is 0 Å². The predicted molar refractivity (Wildman–Crippen MR) is 69.3 cm³/mol. The van der Waals surface area contributed by atoms with Crippen LogP contribution in [0.4, 0.5) is 0 Å². The molecule has 1 aromatic heterocycles. The molecule has 0 saturated carbocycles. The van der Waals surface area contributed by atoms with Crippen molar-refractivity contribution in [2.45, 2.75) is 6.54 Å². The highest BCUT2D eigenvalue weighted by Crippen LogP contribution is 2.15. The minimum Gasteiger partial charge on any atom is -0.351 e. The van der Waals surface area contributed by atoms with Gasteiger partial charge in [0.2, 0.25) is 5.91 Å². The van der Waals surface area contributed by atoms with Gasteiger partial charge in [0.05, 0.1) is 10.2 Å². The summed E-state index contributed by atoms with van der Waals surface area (Å²) in [5, 5.41) is 2.65. The summed E-state index contributed by atoms with van der Waals surface area (Å²) in [6, 6.07) is 7.45. The Morgan fingerprint density at radius 1 is 1.47 bits per heavy atom. The summed E-state index contributed by atoms with van der Waals surface area (Å²) in [4.78, 5) is 23.2. The van der Waals surface area contributed by atoms with Gasteiger partial charge >= 0.3 is 4.87 Å². The van der Waals surface area contributed by atoms with Crippen LogP contribution in [0, 0.1) is 0 Å². The lowest BCUT2D eigenvalue weighted by Gasteiger charge is -2.03. The number of thiazole rings is 1. The van der Waals surface area contributed by atoms with Crippen molar-refractivity contribution in [2.24, 2.45) is 0 Å². The first kappa shape index (κ1) is 11.6. The zero-order chi connectivity index (χ0) is 12.3. The van der Waals surface area contributed by atoms with E-state index in [1.807, 2.05) is 24.3 Å². The molecule has 0 aliphatic rings. The first-order chi connectivity index (χ1) is 8.22. The molecule has 0 aliphatic carbocycles. The molecule has 2 aromatic rings. The van der Waals surface area contributed by atoms with Gasteiger partial charge in [0.15, 0.2) is 0 Å². The van der Waals surface area contributed by atoms with Crippen molar-refractivity contribution in [1.82, 2.24) is 9.88 Å². The third kappa shape index (κ3) is 2.45. The van der Waals surface area contributed by atoms with Gasteiger partial charge in [-0.25, -0.2) is 0 Å². The first-order valence-corrected chi connectivity index (χ1v) is 6.00. The van der Waals surface area contributed by atoms with Crippen molar-refractivity contribution in [3.63, 3.8) is 0 Å². The first-order valence-electron chi connectivity index (χ1n) is 5.18. The van der Waals surface area contributed by atoms with E-state index >= 15 is 0 Å². The molecule has 2 rings (SSSR count). The molecule has 5 heteroatoms. The molecule has 1 amide bonds. The zero-order valence-corrected chi connectivity index (χ0v) is 10.00. The summed E-state index contributed by atoms with van der Waals surface area (Å²) >= 11 is 1.15. The molecule has 1 heterocycles. The number of para-hydroxylation sites is 1. The Morgan fingerprint density at radius 2 is 2.24 bits per heavy atom. The van der Waals surface area contributed by atoms with Gasteiger partial charge in [-0.05, 0) is 12.1 Å². The molecule has 0 atom stereocenters. The van der Waals surface area contributed by atoms with Gasteiger partial charge in [-0.2, -0.15) is 0 Å². The predicted octanol–water partition coefficient (Wildman–Crippen LogP) is 1.37. The molecular weight excluding hydrogens is 236 g/mol. The SMILES string of the molecule is C=CCNC(=O)Cn1c(=O)sc2ccccc21. The molecule has 0 fully saturated rings. The summed E-state index contributed by atoms with van der Waals surface area (Å²) in [6.45, 7) is 3.98. The number of carbonyl (C=O) groups is 1. The van der Waals surface area contributed by atoms with E-state index in [4.69, 9.17) is 0 Å². The average molecular weight is 248 g/mol. The van der Waals surface area contributed by atoms with E-state index in [0.717, 1.165) is 21.6 Å². The van der Waals surface area contributed by atoms with Gasteiger partial charge in [-0.3, -0.25) is 14.2 Å². The van der Waals surface area contributed by atoms with Crippen LogP contribution in [0.5, 0.6) is 0 Å². The second-order valence-electron chi connectivity index (χ2n) is 3.51. The van der Waals surface area contributed by atoms with E-state index in [-0.39, 0.29) is 17.3 Å². The zero-order valence-electron chi connectivity index (χ0n) is 9.18. The number of aromatic nitrogens is 1. The molecular formula is C12H12N2O2S. The van der Waals surface area contributed by atoms with Gasteiger partial charge in [0, 0.05) is 6.54 Å². The van der Waals surface area contributed by atoms with Crippen LogP contribution in [0.1, 0.15) is 0 Å². The normalized spacial score (nSPS) is 10.4. The maximum atomic E-state index is 11.7. The number of rotatable bonds is 4. The fourth-order valence-electron chi connectivity index (χ4n) is 1.55. The van der Waals surface area contributed by atoms with Gasteiger partial charge in [0.25, 0.3) is 0 Å². The Hall–Kier alpha value is -1.88. The molecule has 1 aromatic carbocycles. The van der Waals surface area contributed by atoms with Crippen molar-refractivity contribution in [3.05, 3.63) is 46.6 Å². The molecule has 0 aliphatic heterocycles. The molecule has 0 radical (unpaired) electrons. The number of carbonyl (C=O) groups excluding carboxylic acids is 1. The van der Waals surface area contributed by atoms with Crippen LogP contribution in [-0.4, -0.2) is 17.0 Å². The lowest BCUT2D eigenvalue weighted by atomic mass is 10.3. The van der Waals surface area contributed by atoms with Gasteiger partial charge in [0.1, 0.15) is 6.54 Å². The van der Waals surface area contributed by atoms with Crippen LogP contribution in [0.15, 0.2) is 41.7 Å². The van der Waals surface area contributed by atoms with Crippen LogP contribution in [-0.2, 0) is 11.3 Å². The molecule has 0 bridgehead atoms. The third-order valence-corrected chi connectivity index (χ3v) is 3.28. The Morgan fingerprint density at radius 3 is 3.00 bits per heavy atom. The van der Waals surface area contributed by atoms with E-state index in [2.05, 4.69) is 11.9 Å². The Labute approximate surface area is 102 Å². The largest absolute Gasteiger partial charge is 0.351 e. The van der Waals surface area contributed by atoms with Gasteiger partial charge in [-0.1, -0.05) is 29.5 Å². The van der Waals surface area contributed by atoms with Gasteiger partial charge in [-0.15, -0.1) is 6.58 Å². The van der Waals surface area contributed by atoms with Gasteiger partial charge < -0.3 is 5.32 Å². The highest BCUT2D eigenvalue weighted by Gasteiger charge is 2.09. The molecule has 17 heavy (non-hydrogen) atoms. The number of benzene rings is 1. The van der Waals surface area contributed by atoms with Crippen molar-refractivity contribution >= 4 is 27.5 Å². The quantitative estimate of drug-likeness (QED) is 0.831. The van der Waals surface area contributed by atoms with E-state index in [0.29, 0.717) is 6.54 Å². The van der Waals surface area contributed by atoms with E-state index in [1.54, 1.807) is 6.08 Å². The number of hydrogen-bond donors (Lipinski definition) is 1. The molecule has 1 N–H and O–H groups in total. The van der Waals surface area contributed by atoms with Crippen LogP contribution in [0.25, 0.3) is 10.2 Å². The summed E-state index contributed by atoms with van der Waals surface area (Å²) < 4.78 is 2.38. The number of fused-ring (bicyclic) bond motifs is 1. The van der Waals surface area contributed by atoms with Crippen molar-refractivity contribution < 1.29 is 4.79 Å². The maximum Gasteiger partial charge on any atom is 0.308 e. The lowest BCUT2D eigenvalue weighted by molar-refractivity contribution is -0.121. The highest BCUT2D eigenvalue weighted by molar-refractivity contribution is 7.16. The second-order valence-corrected chi connectivity index (χ2v) is 4.51. The van der Waals surface area contributed by atoms with Crippen LogP contribution < -0.4 is 10.2 Å². The van der Waals surface area contributed by atoms with E-state index in [9.17, 15) is 9.59 Å². The fraction of sp³-hybridized carbons (Fsp3) is 0.167. The number of hydrogen-bond acceptors (Lipinski definition) is 3. The minimum atomic E-state index is -0.185. The van der Waals surface area contributed by atoms with Crippen molar-refractivity contribution in [2.75, 3.05) is 6.54 Å². The molecule has 4 nitrogen and oxygen atoms in total. The summed E-state index contributed by atoms with van der Waals surface area (Å²) in [5.41, 5.74) is 0.802. The maximum absolute atomic E-state index is 11.7. The Balaban J connectivity index is 2.29. The van der Waals surface area contributed by atoms with Crippen molar-refractivity contribution in [1.29, 1.82) is 0 Å². The smallest absolute Gasteiger partial charge is 0.308 e. The van der Waals surface area contributed by atoms with Crippen LogP contribution in [0.2, 0.25) is 0 Å². The molecule has 0 saturated heterocycles. The minimum absolute atomic E-state index is 0.0523. The summed E-state index contributed by atoms with van der Waals surface area (Å²) in [5.74, 6) is -0.185. The topological polar surface area (TPSA) is 51.1 Å². The third-order valence-electron chi connectivity index (χ3n) is 2.32. The standard InChI is InChI=1S/C12H12N2O2S/c1-2-7-13-11(15)8-14-9-5-3-4-6-10(9)17-12(14)16/h2-6H,1,7-8H2,(H,13,15). The van der Waals surface area contributed by atoms with E-state index in [1.165, 1.54) is 4.57 Å². The number of nitrogens with one attached hydrogen (secondary N) is 1. The second kappa shape index (κ2) is 4.97. The highest BCUT2D eigenvalue weighted by atomic mass is 32.1. The summed E-state index contributed by atoms with van der Waals surface area (Å²) in [6.07, 6.45) is 1.60. The van der Waals surface area contributed by atoms with E-state index < -0.39 is 0 Å². The molecule has 88 valence electrons. The average Bonchev–Trinajstić information content (AvgIpc) is 2.64. The summed E-state index contributed by atoms with van der Waals surface area (Å²) in [7, 11) is 0. The Bertz CT molecular complexity index is 612.